The van der Waals surface area contributed by atoms with Crippen molar-refractivity contribution in [1.82, 2.24) is 34.7 Å². The maximum atomic E-state index is 13.3. The molecule has 2 atom stereocenters. The number of fused-ring (bicyclic) bond motifs is 3. The molecule has 2 unspecified atom stereocenters. The number of anilines is 1. The third-order valence-corrected chi connectivity index (χ3v) is 9.57. The Labute approximate surface area is 240 Å². The zero-order valence-electron chi connectivity index (χ0n) is 22.7. The minimum absolute atomic E-state index is 0.00215. The Morgan fingerprint density at radius 1 is 1.02 bits per heavy atom. The Kier molecular flexibility index (Phi) is 6.01. The largest absolute Gasteiger partial charge is 0.382 e. The van der Waals surface area contributed by atoms with Crippen molar-refractivity contribution in [3.63, 3.8) is 0 Å². The molecule has 0 saturated carbocycles. The first kappa shape index (κ1) is 26.1. The maximum Gasteiger partial charge on any atom is 0.276 e. The van der Waals surface area contributed by atoms with Crippen LogP contribution in [0.1, 0.15) is 47.7 Å². The molecule has 2 bridgehead atoms. The van der Waals surface area contributed by atoms with Crippen molar-refractivity contribution in [2.45, 2.75) is 48.6 Å². The van der Waals surface area contributed by atoms with Gasteiger partial charge in [0.05, 0.1) is 17.6 Å². The second-order valence-corrected chi connectivity index (χ2v) is 13.0. The van der Waals surface area contributed by atoms with Gasteiger partial charge in [-0.15, -0.1) is 0 Å². The van der Waals surface area contributed by atoms with Crippen LogP contribution in [0.2, 0.25) is 0 Å². The zero-order valence-corrected chi connectivity index (χ0v) is 23.5. The Morgan fingerprint density at radius 2 is 1.76 bits per heavy atom. The first-order chi connectivity index (χ1) is 20.2. The van der Waals surface area contributed by atoms with Crippen molar-refractivity contribution in [1.29, 1.82) is 0 Å². The lowest BCUT2D eigenvalue weighted by Crippen LogP contribution is -2.47. The van der Waals surface area contributed by atoms with Gasteiger partial charge in [0.2, 0.25) is 0 Å². The van der Waals surface area contributed by atoms with Crippen LogP contribution in [-0.2, 0) is 9.84 Å². The third-order valence-electron chi connectivity index (χ3n) is 8.41. The molecule has 0 spiro atoms. The maximum absolute atomic E-state index is 13.3. The van der Waals surface area contributed by atoms with Crippen molar-refractivity contribution in [3.05, 3.63) is 82.7 Å². The summed E-state index contributed by atoms with van der Waals surface area (Å²) in [6.45, 7) is 0. The fraction of sp³-hybridized carbons (Fsp3) is 0.276. The average Bonchev–Trinajstić information content (AvgIpc) is 3.68. The highest BCUT2D eigenvalue weighted by Crippen LogP contribution is 2.45. The van der Waals surface area contributed by atoms with E-state index >= 15 is 0 Å². The second kappa shape index (κ2) is 9.65. The summed E-state index contributed by atoms with van der Waals surface area (Å²) in [6, 6.07) is 13.4. The SMILES string of the molecule is CS(=O)(=O)c1c(C2CC3CCC(C2)N3C(=O)c2c[nH][nH]c2=O)nc2c(-c3ccc(-c4ccccc4)nc3)cnn2c1N. The lowest BCUT2D eigenvalue weighted by Gasteiger charge is -2.39. The number of piperidine rings is 1. The second-order valence-electron chi connectivity index (χ2n) is 11.0. The predicted octanol–water partition coefficient (Wildman–Crippen LogP) is 3.01. The minimum atomic E-state index is -3.77. The van der Waals surface area contributed by atoms with E-state index in [0.29, 0.717) is 29.7 Å². The van der Waals surface area contributed by atoms with Crippen LogP contribution in [0.25, 0.3) is 28.0 Å². The molecule has 0 aliphatic carbocycles. The van der Waals surface area contributed by atoms with Crippen LogP contribution in [0.4, 0.5) is 5.82 Å². The van der Waals surface area contributed by atoms with E-state index in [1.807, 2.05) is 42.5 Å². The molecule has 0 radical (unpaired) electrons. The predicted molar refractivity (Wildman–Crippen MR) is 156 cm³/mol. The quantitative estimate of drug-likeness (QED) is 0.283. The van der Waals surface area contributed by atoms with Crippen LogP contribution in [0.3, 0.4) is 0 Å². The molecule has 42 heavy (non-hydrogen) atoms. The van der Waals surface area contributed by atoms with Crippen LogP contribution in [-0.4, -0.2) is 67.3 Å². The Hall–Kier alpha value is -4.78. The molecule has 4 N–H and O–H groups in total. The number of hydrogen-bond donors (Lipinski definition) is 3. The number of nitrogens with two attached hydrogens (primary N) is 1. The first-order valence-corrected chi connectivity index (χ1v) is 15.6. The van der Waals surface area contributed by atoms with E-state index in [0.717, 1.165) is 35.9 Å². The van der Waals surface area contributed by atoms with Crippen molar-refractivity contribution in [2.24, 2.45) is 0 Å². The Balaban J connectivity index is 1.28. The monoisotopic (exact) mass is 584 g/mol. The molecule has 2 saturated heterocycles. The van der Waals surface area contributed by atoms with Gasteiger partial charge >= 0.3 is 0 Å². The normalized spacial score (nSPS) is 20.3. The zero-order chi connectivity index (χ0) is 29.2. The molecule has 1 aromatic carbocycles. The Bertz CT molecular complexity index is 1980. The molecule has 1 amide bonds. The molecule has 6 heterocycles. The van der Waals surface area contributed by atoms with Crippen molar-refractivity contribution in [2.75, 3.05) is 12.0 Å². The smallest absolute Gasteiger partial charge is 0.276 e. The molecule has 214 valence electrons. The number of carbonyl (C=O) groups is 1. The third kappa shape index (κ3) is 4.19. The average molecular weight is 585 g/mol. The molecule has 4 aromatic heterocycles. The van der Waals surface area contributed by atoms with Gasteiger partial charge in [0.25, 0.3) is 11.5 Å². The number of pyridine rings is 1. The number of nitrogens with one attached hydrogen (secondary N) is 2. The van der Waals surface area contributed by atoms with Crippen LogP contribution in [0.15, 0.2) is 70.7 Å². The fourth-order valence-electron chi connectivity index (χ4n) is 6.55. The van der Waals surface area contributed by atoms with Crippen molar-refractivity contribution in [3.8, 4) is 22.4 Å². The summed E-state index contributed by atoms with van der Waals surface area (Å²) in [5.74, 6) is -0.573. The van der Waals surface area contributed by atoms with E-state index in [2.05, 4.69) is 20.3 Å². The number of nitrogens with zero attached hydrogens (tertiary/aromatic N) is 5. The summed E-state index contributed by atoms with van der Waals surface area (Å²) >= 11 is 0. The molecular weight excluding hydrogens is 556 g/mol. The highest BCUT2D eigenvalue weighted by atomic mass is 32.2. The van der Waals surface area contributed by atoms with Gasteiger partial charge in [-0.05, 0) is 31.7 Å². The van der Waals surface area contributed by atoms with E-state index in [1.54, 1.807) is 17.3 Å². The number of H-pyrrole nitrogens is 2. The van der Waals surface area contributed by atoms with Gasteiger partial charge in [0.1, 0.15) is 16.3 Å². The number of hydrogen-bond acceptors (Lipinski definition) is 8. The summed E-state index contributed by atoms with van der Waals surface area (Å²) < 4.78 is 27.5. The van der Waals surface area contributed by atoms with Crippen LogP contribution < -0.4 is 11.3 Å². The Morgan fingerprint density at radius 3 is 2.38 bits per heavy atom. The number of rotatable bonds is 5. The van der Waals surface area contributed by atoms with E-state index in [4.69, 9.17) is 10.7 Å². The van der Waals surface area contributed by atoms with Crippen LogP contribution in [0.5, 0.6) is 0 Å². The van der Waals surface area contributed by atoms with E-state index < -0.39 is 15.4 Å². The van der Waals surface area contributed by atoms with Crippen molar-refractivity contribution < 1.29 is 13.2 Å². The summed E-state index contributed by atoms with van der Waals surface area (Å²) in [5, 5.41) is 9.40. The number of carbonyl (C=O) groups excluding carboxylic acids is 1. The topological polar surface area (TPSA) is 172 Å². The molecule has 2 fully saturated rings. The number of aromatic nitrogens is 6. The summed E-state index contributed by atoms with van der Waals surface area (Å²) in [5.41, 5.74) is 10.2. The molecule has 12 nitrogen and oxygen atoms in total. The highest BCUT2D eigenvalue weighted by Gasteiger charge is 2.46. The number of amides is 1. The standard InChI is InChI=1S/C29H28N8O4S/c1-42(40,41)25-24(18-11-19-8-9-20(12-18)36(19)29(39)22-14-32-35-28(22)38)34-27-21(15-33-37(27)26(25)30)17-7-10-23(31-13-17)16-5-3-2-4-6-16/h2-7,10,13-15,18-20H,8-9,11-12,30H2,1H3,(H2,32,35,38). The lowest BCUT2D eigenvalue weighted by atomic mass is 9.87. The summed E-state index contributed by atoms with van der Waals surface area (Å²) in [7, 11) is -3.77. The van der Waals surface area contributed by atoms with Crippen LogP contribution in [0, 0.1) is 0 Å². The summed E-state index contributed by atoms with van der Waals surface area (Å²) in [6.07, 6.45) is 8.41. The fourth-order valence-corrected chi connectivity index (χ4v) is 7.61. The lowest BCUT2D eigenvalue weighted by molar-refractivity contribution is 0.0567. The number of aromatic amines is 2. The number of nitrogen functional groups attached to an aromatic ring is 1. The van der Waals surface area contributed by atoms with Crippen molar-refractivity contribution >= 4 is 27.2 Å². The van der Waals surface area contributed by atoms with E-state index in [9.17, 15) is 18.0 Å². The highest BCUT2D eigenvalue weighted by molar-refractivity contribution is 7.91. The minimum Gasteiger partial charge on any atom is -0.382 e. The molecule has 7 rings (SSSR count). The molecule has 5 aromatic rings. The van der Waals surface area contributed by atoms with E-state index in [1.165, 1.54) is 10.7 Å². The molecule has 2 aliphatic rings. The number of benzene rings is 1. The number of sulfone groups is 1. The van der Waals surface area contributed by atoms with Gasteiger partial charge in [-0.3, -0.25) is 19.7 Å². The van der Waals surface area contributed by atoms with E-state index in [-0.39, 0.29) is 40.2 Å². The van der Waals surface area contributed by atoms with Gasteiger partial charge in [0.15, 0.2) is 15.5 Å². The van der Waals surface area contributed by atoms with Gasteiger partial charge in [0, 0.05) is 53.3 Å². The van der Waals surface area contributed by atoms with Gasteiger partial charge in [-0.1, -0.05) is 36.4 Å². The van der Waals surface area contributed by atoms with Gasteiger partial charge in [-0.2, -0.15) is 9.61 Å². The van der Waals surface area contributed by atoms with Gasteiger partial charge < -0.3 is 15.7 Å². The molecular formula is C29H28N8O4S. The molecule has 13 heteroatoms. The molecule has 2 aliphatic heterocycles. The first-order valence-electron chi connectivity index (χ1n) is 13.7. The van der Waals surface area contributed by atoms with Gasteiger partial charge in [-0.25, -0.2) is 13.4 Å². The van der Waals surface area contributed by atoms with Crippen LogP contribution >= 0.6 is 0 Å². The summed E-state index contributed by atoms with van der Waals surface area (Å²) in [4.78, 5) is 36.7.